The lowest BCUT2D eigenvalue weighted by molar-refractivity contribution is 0.0888. The van der Waals surface area contributed by atoms with Crippen molar-refractivity contribution >= 4 is 29.9 Å². The lowest BCUT2D eigenvalue weighted by Crippen LogP contribution is -2.42. The van der Waals surface area contributed by atoms with Crippen molar-refractivity contribution in [1.82, 2.24) is 15.5 Å². The van der Waals surface area contributed by atoms with Gasteiger partial charge in [0.2, 0.25) is 0 Å². The highest BCUT2D eigenvalue weighted by molar-refractivity contribution is 14.0. The van der Waals surface area contributed by atoms with E-state index in [1.165, 1.54) is 6.42 Å². The molecule has 2 N–H and O–H groups in total. The summed E-state index contributed by atoms with van der Waals surface area (Å²) in [7, 11) is 0. The van der Waals surface area contributed by atoms with Gasteiger partial charge in [0.05, 0.1) is 19.8 Å². The molecule has 2 atom stereocenters. The molecule has 0 saturated carbocycles. The first-order valence-electron chi connectivity index (χ1n) is 11.0. The standard InChI is InChI=1S/C21H44N4O2.HI/c1-6-22-21(23-11-9-12-26-16-19-10-13-27-17-19)24-15-20(14-18(4)5)25(7-2)8-3;/h18-20H,6-17H2,1-5H3,(H2,22,23,24);1H. The Bertz CT molecular complexity index is 387. The van der Waals surface area contributed by atoms with Gasteiger partial charge in [0.1, 0.15) is 0 Å². The number of rotatable bonds is 14. The molecule has 0 aromatic rings. The molecule has 0 radical (unpaired) electrons. The van der Waals surface area contributed by atoms with E-state index in [-0.39, 0.29) is 24.0 Å². The number of nitrogens with zero attached hydrogens (tertiary/aromatic N) is 2. The maximum atomic E-state index is 5.77. The summed E-state index contributed by atoms with van der Waals surface area (Å²) in [5, 5.41) is 6.81. The Balaban J connectivity index is 0.00000729. The number of halogens is 1. The molecule has 0 bridgehead atoms. The molecule has 0 amide bonds. The second kappa shape index (κ2) is 17.7. The summed E-state index contributed by atoms with van der Waals surface area (Å²) in [6.45, 7) is 19.3. The van der Waals surface area contributed by atoms with Crippen molar-refractivity contribution in [1.29, 1.82) is 0 Å². The topological polar surface area (TPSA) is 58.1 Å². The first-order valence-corrected chi connectivity index (χ1v) is 11.0. The minimum Gasteiger partial charge on any atom is -0.381 e. The summed E-state index contributed by atoms with van der Waals surface area (Å²) in [6.07, 6.45) is 3.31. The number of hydrogen-bond donors (Lipinski definition) is 2. The van der Waals surface area contributed by atoms with Crippen molar-refractivity contribution in [3.63, 3.8) is 0 Å². The molecule has 168 valence electrons. The van der Waals surface area contributed by atoms with Crippen LogP contribution in [0, 0.1) is 11.8 Å². The number of guanidine groups is 1. The third kappa shape index (κ3) is 12.4. The number of hydrogen-bond acceptors (Lipinski definition) is 4. The van der Waals surface area contributed by atoms with Gasteiger partial charge < -0.3 is 20.1 Å². The van der Waals surface area contributed by atoms with Crippen molar-refractivity contribution in [3.05, 3.63) is 0 Å². The Morgan fingerprint density at radius 1 is 1.21 bits per heavy atom. The molecule has 6 nitrogen and oxygen atoms in total. The summed E-state index contributed by atoms with van der Waals surface area (Å²) in [5.41, 5.74) is 0. The van der Waals surface area contributed by atoms with Crippen LogP contribution in [0.4, 0.5) is 0 Å². The monoisotopic (exact) mass is 512 g/mol. The fourth-order valence-corrected chi connectivity index (χ4v) is 3.51. The average Bonchev–Trinajstić information content (AvgIpc) is 3.16. The van der Waals surface area contributed by atoms with Crippen LogP contribution in [-0.2, 0) is 9.47 Å². The lowest BCUT2D eigenvalue weighted by Gasteiger charge is -2.30. The van der Waals surface area contributed by atoms with E-state index in [0.717, 1.165) is 78.0 Å². The van der Waals surface area contributed by atoms with E-state index in [0.29, 0.717) is 17.9 Å². The summed E-state index contributed by atoms with van der Waals surface area (Å²) in [5.74, 6) is 2.20. The zero-order chi connectivity index (χ0) is 19.9. The zero-order valence-corrected chi connectivity index (χ0v) is 21.2. The first-order chi connectivity index (χ1) is 13.1. The van der Waals surface area contributed by atoms with Gasteiger partial charge in [0.25, 0.3) is 0 Å². The van der Waals surface area contributed by atoms with Crippen LogP contribution in [-0.4, -0.2) is 76.1 Å². The Kier molecular flexibility index (Phi) is 17.6. The van der Waals surface area contributed by atoms with Crippen molar-refractivity contribution in [2.75, 3.05) is 59.2 Å². The van der Waals surface area contributed by atoms with E-state index in [4.69, 9.17) is 14.5 Å². The van der Waals surface area contributed by atoms with Gasteiger partial charge in [-0.3, -0.25) is 9.89 Å². The number of likely N-dealkylation sites (N-methyl/N-ethyl adjacent to an activating group) is 1. The maximum Gasteiger partial charge on any atom is 0.191 e. The van der Waals surface area contributed by atoms with Gasteiger partial charge in [-0.25, -0.2) is 0 Å². The zero-order valence-electron chi connectivity index (χ0n) is 18.8. The van der Waals surface area contributed by atoms with Crippen LogP contribution in [0.5, 0.6) is 0 Å². The summed E-state index contributed by atoms with van der Waals surface area (Å²) < 4.78 is 11.2. The van der Waals surface area contributed by atoms with E-state index in [1.807, 2.05) is 0 Å². The predicted molar refractivity (Wildman–Crippen MR) is 130 cm³/mol. The highest BCUT2D eigenvalue weighted by Gasteiger charge is 2.17. The van der Waals surface area contributed by atoms with Crippen molar-refractivity contribution in [3.8, 4) is 0 Å². The van der Waals surface area contributed by atoms with Gasteiger partial charge in [-0.05, 0) is 45.2 Å². The summed E-state index contributed by atoms with van der Waals surface area (Å²) in [6, 6.07) is 0.507. The third-order valence-corrected chi connectivity index (χ3v) is 5.01. The number of ether oxygens (including phenoxy) is 2. The molecule has 0 aromatic carbocycles. The van der Waals surface area contributed by atoms with Gasteiger partial charge in [0, 0.05) is 38.3 Å². The van der Waals surface area contributed by atoms with Crippen LogP contribution >= 0.6 is 24.0 Å². The van der Waals surface area contributed by atoms with E-state index in [2.05, 4.69) is 50.2 Å². The van der Waals surface area contributed by atoms with E-state index in [9.17, 15) is 0 Å². The molecule has 1 fully saturated rings. The smallest absolute Gasteiger partial charge is 0.191 e. The lowest BCUT2D eigenvalue weighted by atomic mass is 10.0. The van der Waals surface area contributed by atoms with Crippen molar-refractivity contribution in [2.45, 2.75) is 59.9 Å². The molecule has 1 aliphatic heterocycles. The highest BCUT2D eigenvalue weighted by Crippen LogP contribution is 2.13. The van der Waals surface area contributed by atoms with E-state index in [1.54, 1.807) is 0 Å². The van der Waals surface area contributed by atoms with E-state index < -0.39 is 0 Å². The molecule has 7 heteroatoms. The Labute approximate surface area is 190 Å². The normalized spacial score (nSPS) is 18.4. The number of aliphatic imine (C=N–C) groups is 1. The largest absolute Gasteiger partial charge is 0.381 e. The predicted octanol–water partition coefficient (Wildman–Crippen LogP) is 3.36. The van der Waals surface area contributed by atoms with E-state index >= 15 is 0 Å². The number of nitrogens with one attached hydrogen (secondary N) is 2. The van der Waals surface area contributed by atoms with Crippen LogP contribution in [0.2, 0.25) is 0 Å². The van der Waals surface area contributed by atoms with Gasteiger partial charge >= 0.3 is 0 Å². The Hall–Kier alpha value is -0.120. The molecule has 1 heterocycles. The van der Waals surface area contributed by atoms with Crippen LogP contribution < -0.4 is 10.6 Å². The fraction of sp³-hybridized carbons (Fsp3) is 0.952. The Morgan fingerprint density at radius 3 is 2.54 bits per heavy atom. The molecule has 1 rings (SSSR count). The van der Waals surface area contributed by atoms with Gasteiger partial charge in [-0.1, -0.05) is 27.7 Å². The van der Waals surface area contributed by atoms with Gasteiger partial charge in [-0.2, -0.15) is 0 Å². The SMILES string of the molecule is CCNC(=NCC(CC(C)C)N(CC)CC)NCCCOCC1CCOC1.I. The first kappa shape index (κ1) is 27.9. The average molecular weight is 513 g/mol. The maximum absolute atomic E-state index is 5.77. The molecule has 1 aliphatic rings. The summed E-state index contributed by atoms with van der Waals surface area (Å²) in [4.78, 5) is 7.38. The van der Waals surface area contributed by atoms with Crippen molar-refractivity contribution < 1.29 is 9.47 Å². The van der Waals surface area contributed by atoms with Crippen LogP contribution in [0.15, 0.2) is 4.99 Å². The minimum absolute atomic E-state index is 0. The Morgan fingerprint density at radius 2 is 1.96 bits per heavy atom. The molecule has 2 unspecified atom stereocenters. The van der Waals surface area contributed by atoms with Gasteiger partial charge in [-0.15, -0.1) is 24.0 Å². The van der Waals surface area contributed by atoms with Crippen molar-refractivity contribution in [2.24, 2.45) is 16.8 Å². The van der Waals surface area contributed by atoms with Gasteiger partial charge in [0.15, 0.2) is 5.96 Å². The second-order valence-corrected chi connectivity index (χ2v) is 7.81. The molecular formula is C21H45IN4O2. The summed E-state index contributed by atoms with van der Waals surface area (Å²) >= 11 is 0. The molecule has 28 heavy (non-hydrogen) atoms. The van der Waals surface area contributed by atoms with Crippen LogP contribution in [0.3, 0.4) is 0 Å². The third-order valence-electron chi connectivity index (χ3n) is 5.01. The van der Waals surface area contributed by atoms with Crippen LogP contribution in [0.1, 0.15) is 53.9 Å². The molecule has 1 saturated heterocycles. The fourth-order valence-electron chi connectivity index (χ4n) is 3.51. The quantitative estimate of drug-likeness (QED) is 0.162. The molecule has 0 aliphatic carbocycles. The minimum atomic E-state index is 0. The molecule has 0 spiro atoms. The highest BCUT2D eigenvalue weighted by atomic mass is 127. The molecule has 0 aromatic heterocycles. The molecular weight excluding hydrogens is 467 g/mol. The van der Waals surface area contributed by atoms with Crippen LogP contribution in [0.25, 0.3) is 0 Å². The second-order valence-electron chi connectivity index (χ2n) is 7.81.